The van der Waals surface area contributed by atoms with E-state index in [1.165, 1.54) is 15.8 Å². The number of piperazine rings is 1. The molecule has 0 radical (unpaired) electrons. The third-order valence-electron chi connectivity index (χ3n) is 16.3. The smallest absolute Gasteiger partial charge is 0.276 e. The predicted molar refractivity (Wildman–Crippen MR) is 270 cm³/mol. The number of aliphatic hydroxyl groups is 1. The molecule has 378 valence electrons. The number of nitrogens with one attached hydrogen (secondary N) is 2. The highest BCUT2D eigenvalue weighted by Gasteiger charge is 2.46. The highest BCUT2D eigenvalue weighted by molar-refractivity contribution is 6.23. The number of aromatic nitrogens is 4. The zero-order valence-corrected chi connectivity index (χ0v) is 41.5. The second-order valence-corrected chi connectivity index (χ2v) is 21.6. The lowest BCUT2D eigenvalue weighted by atomic mass is 9.90. The number of hydrogen-bond acceptors (Lipinski definition) is 14. The molecule has 73 heavy (non-hydrogen) atoms. The number of rotatable bonds is 8. The number of aryl methyl sites for hydroxylation is 1. The number of carbonyl (C=O) groups is 5. The van der Waals surface area contributed by atoms with Crippen molar-refractivity contribution in [3.05, 3.63) is 111 Å². The van der Waals surface area contributed by atoms with Gasteiger partial charge in [-0.15, -0.1) is 0 Å². The van der Waals surface area contributed by atoms with Crippen molar-refractivity contribution in [2.45, 2.75) is 103 Å². The van der Waals surface area contributed by atoms with Gasteiger partial charge < -0.3 is 29.2 Å². The predicted octanol–water partition coefficient (Wildman–Crippen LogP) is 4.00. The normalized spacial score (nSPS) is 23.8. The molecular weight excluding hydrogens is 931 g/mol. The maximum atomic E-state index is 14.0. The van der Waals surface area contributed by atoms with Gasteiger partial charge in [0.25, 0.3) is 23.3 Å². The lowest BCUT2D eigenvalue weighted by Gasteiger charge is -2.48. The summed E-state index contributed by atoms with van der Waals surface area (Å²) in [7, 11) is 1.69. The zero-order chi connectivity index (χ0) is 50.6. The van der Waals surface area contributed by atoms with Crippen molar-refractivity contribution in [1.82, 2.24) is 39.1 Å². The van der Waals surface area contributed by atoms with Crippen LogP contribution in [0.1, 0.15) is 100 Å². The van der Waals surface area contributed by atoms with Crippen LogP contribution in [0.4, 0.5) is 23.0 Å². The van der Waals surface area contributed by atoms with Gasteiger partial charge in [0.1, 0.15) is 41.4 Å². The van der Waals surface area contributed by atoms with Crippen LogP contribution in [-0.4, -0.2) is 132 Å². The number of fused-ring (bicyclic) bond motifs is 6. The molecule has 1 aliphatic carbocycles. The molecule has 3 N–H and O–H groups in total. The highest BCUT2D eigenvalue weighted by Crippen LogP contribution is 2.41. The number of carbonyl (C=O) groups excluding carboxylic acids is 5. The average Bonchev–Trinajstić information content (AvgIpc) is 3.89. The molecular formula is C54H59N11O8. The topological polar surface area (TPSA) is 208 Å². The lowest BCUT2D eigenvalue weighted by molar-refractivity contribution is -0.136. The molecule has 3 saturated heterocycles. The number of amides is 5. The number of piperidine rings is 2. The van der Waals surface area contributed by atoms with E-state index in [2.05, 4.69) is 55.7 Å². The average molecular weight is 990 g/mol. The molecule has 1 aromatic carbocycles. The van der Waals surface area contributed by atoms with Crippen molar-refractivity contribution >= 4 is 52.5 Å². The van der Waals surface area contributed by atoms with E-state index < -0.39 is 29.7 Å². The van der Waals surface area contributed by atoms with Crippen molar-refractivity contribution in [2.75, 3.05) is 54.4 Å². The zero-order valence-electron chi connectivity index (χ0n) is 41.5. The molecule has 0 saturated carbocycles. The van der Waals surface area contributed by atoms with Crippen LogP contribution < -0.4 is 30.7 Å². The number of aliphatic hydroxyl groups excluding tert-OH is 1. The van der Waals surface area contributed by atoms with Gasteiger partial charge in [-0.2, -0.15) is 0 Å². The Hall–Kier alpha value is -7.22. The Labute approximate surface area is 421 Å². The molecule has 5 aromatic rings. The molecule has 4 aromatic heterocycles. The number of anilines is 4. The van der Waals surface area contributed by atoms with E-state index in [-0.39, 0.29) is 59.5 Å². The lowest BCUT2D eigenvalue weighted by Crippen LogP contribution is -2.58. The summed E-state index contributed by atoms with van der Waals surface area (Å²) in [5.41, 5.74) is 7.53. The summed E-state index contributed by atoms with van der Waals surface area (Å²) in [5.74, 6) is -0.740. The minimum Gasteiger partial charge on any atom is -0.492 e. The van der Waals surface area contributed by atoms with E-state index in [4.69, 9.17) is 9.72 Å². The van der Waals surface area contributed by atoms with Crippen LogP contribution in [0, 0.1) is 5.41 Å². The largest absolute Gasteiger partial charge is 0.492 e. The summed E-state index contributed by atoms with van der Waals surface area (Å²) in [6.07, 6.45) is 9.15. The second-order valence-electron chi connectivity index (χ2n) is 21.6. The molecule has 3 fully saturated rings. The van der Waals surface area contributed by atoms with E-state index >= 15 is 0 Å². The molecule has 0 spiro atoms. The van der Waals surface area contributed by atoms with Crippen LogP contribution in [0.3, 0.4) is 0 Å². The fourth-order valence-electron chi connectivity index (χ4n) is 12.7. The number of nitrogens with zero attached hydrogens (tertiary/aromatic N) is 9. The molecule has 6 aliphatic heterocycles. The molecule has 19 nitrogen and oxygen atoms in total. The van der Waals surface area contributed by atoms with E-state index in [0.717, 1.165) is 68.0 Å². The van der Waals surface area contributed by atoms with Gasteiger partial charge in [0.05, 0.1) is 29.6 Å². The Bertz CT molecular complexity index is 3220. The summed E-state index contributed by atoms with van der Waals surface area (Å²) in [5, 5.41) is 16.3. The Balaban J connectivity index is 0.682. The Morgan fingerprint density at radius 3 is 2.44 bits per heavy atom. The second kappa shape index (κ2) is 17.8. The summed E-state index contributed by atoms with van der Waals surface area (Å²) < 4.78 is 10.0. The highest BCUT2D eigenvalue weighted by atomic mass is 16.5. The molecule has 7 aliphatic rings. The van der Waals surface area contributed by atoms with Gasteiger partial charge in [0, 0.05) is 112 Å². The molecule has 4 atom stereocenters. The maximum Gasteiger partial charge on any atom is 0.276 e. The van der Waals surface area contributed by atoms with Crippen LogP contribution in [0.2, 0.25) is 0 Å². The van der Waals surface area contributed by atoms with E-state index in [1.807, 2.05) is 24.4 Å². The first-order chi connectivity index (χ1) is 35.1. The van der Waals surface area contributed by atoms with E-state index in [9.17, 15) is 33.9 Å². The van der Waals surface area contributed by atoms with Crippen LogP contribution >= 0.6 is 0 Å². The number of benzene rings is 1. The molecule has 12 rings (SSSR count). The first-order valence-electron chi connectivity index (χ1n) is 25.4. The number of imide groups is 2. The van der Waals surface area contributed by atoms with Gasteiger partial charge in [-0.05, 0) is 98.0 Å². The van der Waals surface area contributed by atoms with Crippen LogP contribution in [0.5, 0.6) is 5.75 Å². The number of ether oxygens (including phenoxy) is 1. The van der Waals surface area contributed by atoms with E-state index in [1.54, 1.807) is 48.6 Å². The SMILES string of the molecule is C[C@H]1CN([C@H]2CCN3Cc4cc5c(cc4OC[C@H]3C2)C(=O)N(C2CCC(=O)NC2=O)C5=O)CCN1c1ccc(Nc2cc(-c3ccnc(N4CCn5c(cc6c5CC(C)(C)C6)C4=O)c3CO)cn(C)c2=O)nc1. The van der Waals surface area contributed by atoms with Gasteiger partial charge in [-0.1, -0.05) is 13.8 Å². The van der Waals surface area contributed by atoms with Crippen LogP contribution in [0.25, 0.3) is 11.1 Å². The number of pyridine rings is 3. The molecule has 19 heteroatoms. The van der Waals surface area contributed by atoms with Crippen molar-refractivity contribution in [1.29, 1.82) is 0 Å². The molecule has 10 heterocycles. The third kappa shape index (κ3) is 8.08. The minimum atomic E-state index is -1.02. The molecule has 0 bridgehead atoms. The first-order valence-corrected chi connectivity index (χ1v) is 25.4. The Morgan fingerprint density at radius 1 is 0.849 bits per heavy atom. The summed E-state index contributed by atoms with van der Waals surface area (Å²) in [6, 6.07) is 12.6. The third-order valence-corrected chi connectivity index (χ3v) is 16.3. The van der Waals surface area contributed by atoms with Gasteiger partial charge in [-0.3, -0.25) is 53.7 Å². The molecule has 1 unspecified atom stereocenters. The summed E-state index contributed by atoms with van der Waals surface area (Å²) in [4.78, 5) is 98.4. The van der Waals surface area contributed by atoms with Crippen molar-refractivity contribution < 1.29 is 33.8 Å². The van der Waals surface area contributed by atoms with E-state index in [0.29, 0.717) is 77.7 Å². The van der Waals surface area contributed by atoms with Gasteiger partial charge >= 0.3 is 0 Å². The van der Waals surface area contributed by atoms with Crippen molar-refractivity contribution in [3.63, 3.8) is 0 Å². The van der Waals surface area contributed by atoms with Gasteiger partial charge in [0.2, 0.25) is 11.8 Å². The number of hydrogen-bond donors (Lipinski definition) is 3. The first kappa shape index (κ1) is 46.8. The summed E-state index contributed by atoms with van der Waals surface area (Å²) >= 11 is 0. The molecule has 5 amide bonds. The standard InChI is InChI=1S/C54H59N11O8/c1-30-25-61(34-10-12-60-27-33-17-38-39(21-45(33)73-29-36(60)20-34)51(70)65(50(38)69)42-6-8-47(67)58-49(42)68)13-14-62(30)35-5-7-46(56-24-35)57-41-18-32(26-59(4)52(41)71)37-9-11-55-48(40(37)28-66)64-16-15-63-43(53(64)72)19-31-22-54(2,3)23-44(31)63/h5,7,9,11,17-19,21,24,26,30,34,36,42,66H,6,8,10,12-16,20,22-23,25,27-29H2,1-4H3,(H,56,57)(H,58,67,68)/t30-,34-,36+,42?/m0/s1. The van der Waals surface area contributed by atoms with Crippen molar-refractivity contribution in [2.24, 2.45) is 12.5 Å². The summed E-state index contributed by atoms with van der Waals surface area (Å²) in [6.45, 7) is 11.9. The van der Waals surface area contributed by atoms with Crippen molar-refractivity contribution in [3.8, 4) is 16.9 Å². The van der Waals surface area contributed by atoms with Gasteiger partial charge in [0.15, 0.2) is 0 Å². The quantitative estimate of drug-likeness (QED) is 0.188. The maximum absolute atomic E-state index is 14.0. The Kier molecular flexibility index (Phi) is 11.4. The monoisotopic (exact) mass is 989 g/mol. The Morgan fingerprint density at radius 2 is 1.67 bits per heavy atom. The fourth-order valence-corrected chi connectivity index (χ4v) is 12.7. The van der Waals surface area contributed by atoms with Crippen LogP contribution in [0.15, 0.2) is 65.8 Å². The van der Waals surface area contributed by atoms with Crippen LogP contribution in [-0.2, 0) is 49.2 Å². The minimum absolute atomic E-state index is 0.0653. The fraction of sp³-hybridized carbons (Fsp3) is 0.444. The van der Waals surface area contributed by atoms with Gasteiger partial charge in [-0.25, -0.2) is 9.97 Å².